The van der Waals surface area contributed by atoms with E-state index < -0.39 is 0 Å². The number of morpholine rings is 1. The predicted octanol–water partition coefficient (Wildman–Crippen LogP) is 1.74. The zero-order chi connectivity index (χ0) is 14.1. The summed E-state index contributed by atoms with van der Waals surface area (Å²) in [5, 5.41) is 3.26. The molecular weight excluding hydrogens is 256 g/mol. The highest BCUT2D eigenvalue weighted by Crippen LogP contribution is 2.32. The van der Waals surface area contributed by atoms with E-state index in [9.17, 15) is 4.79 Å². The standard InChI is InChI=1S/C15H20N2O3/c1-10-8-17(9-11(2)20-10)15(18)12-4-3-5-13-14(12)19-7-6-16-13/h3-5,10-11,16H,6-9H2,1-2H3. The molecule has 3 rings (SSSR count). The Hall–Kier alpha value is -1.75. The number of carbonyl (C=O) groups is 1. The molecule has 1 aromatic carbocycles. The van der Waals surface area contributed by atoms with Crippen molar-refractivity contribution in [3.63, 3.8) is 0 Å². The van der Waals surface area contributed by atoms with E-state index >= 15 is 0 Å². The van der Waals surface area contributed by atoms with Crippen molar-refractivity contribution in [2.24, 2.45) is 0 Å². The van der Waals surface area contributed by atoms with Crippen molar-refractivity contribution in [2.45, 2.75) is 26.1 Å². The minimum absolute atomic E-state index is 0.0209. The molecular formula is C15H20N2O3. The molecule has 2 unspecified atom stereocenters. The van der Waals surface area contributed by atoms with Gasteiger partial charge in [-0.25, -0.2) is 0 Å². The van der Waals surface area contributed by atoms with Crippen molar-refractivity contribution in [1.82, 2.24) is 4.90 Å². The number of rotatable bonds is 1. The van der Waals surface area contributed by atoms with Gasteiger partial charge in [-0.2, -0.15) is 0 Å². The van der Waals surface area contributed by atoms with Crippen LogP contribution in [0.5, 0.6) is 5.75 Å². The van der Waals surface area contributed by atoms with Gasteiger partial charge in [-0.15, -0.1) is 0 Å². The average molecular weight is 276 g/mol. The van der Waals surface area contributed by atoms with Crippen LogP contribution in [0.3, 0.4) is 0 Å². The van der Waals surface area contributed by atoms with Crippen molar-refractivity contribution in [1.29, 1.82) is 0 Å². The number of nitrogens with zero attached hydrogens (tertiary/aromatic N) is 1. The highest BCUT2D eigenvalue weighted by atomic mass is 16.5. The van der Waals surface area contributed by atoms with E-state index in [1.807, 2.05) is 36.9 Å². The van der Waals surface area contributed by atoms with Crippen LogP contribution >= 0.6 is 0 Å². The molecule has 108 valence electrons. The summed E-state index contributed by atoms with van der Waals surface area (Å²) in [6, 6.07) is 5.66. The third-order valence-corrected chi connectivity index (χ3v) is 3.62. The lowest BCUT2D eigenvalue weighted by molar-refractivity contribution is -0.0586. The van der Waals surface area contributed by atoms with Crippen molar-refractivity contribution in [2.75, 3.05) is 31.6 Å². The van der Waals surface area contributed by atoms with Crippen LogP contribution in [0.4, 0.5) is 5.69 Å². The molecule has 2 aliphatic rings. The first-order valence-corrected chi connectivity index (χ1v) is 7.09. The van der Waals surface area contributed by atoms with Crippen LogP contribution in [0, 0.1) is 0 Å². The van der Waals surface area contributed by atoms with Crippen LogP contribution in [0.25, 0.3) is 0 Å². The van der Waals surface area contributed by atoms with Gasteiger partial charge in [0, 0.05) is 19.6 Å². The molecule has 1 N–H and O–H groups in total. The van der Waals surface area contributed by atoms with Gasteiger partial charge in [0.05, 0.1) is 23.5 Å². The second-order valence-electron chi connectivity index (χ2n) is 5.42. The molecule has 0 aliphatic carbocycles. The number of nitrogens with one attached hydrogen (secondary N) is 1. The second-order valence-corrected chi connectivity index (χ2v) is 5.42. The number of hydrogen-bond acceptors (Lipinski definition) is 4. The number of benzene rings is 1. The van der Waals surface area contributed by atoms with Gasteiger partial charge in [-0.1, -0.05) is 6.07 Å². The van der Waals surface area contributed by atoms with Gasteiger partial charge in [0.2, 0.25) is 0 Å². The highest BCUT2D eigenvalue weighted by Gasteiger charge is 2.29. The molecule has 5 heteroatoms. The molecule has 0 saturated carbocycles. The van der Waals surface area contributed by atoms with E-state index in [2.05, 4.69) is 5.32 Å². The van der Waals surface area contributed by atoms with E-state index in [0.29, 0.717) is 31.0 Å². The van der Waals surface area contributed by atoms with Crippen molar-refractivity contribution >= 4 is 11.6 Å². The predicted molar refractivity (Wildman–Crippen MR) is 76.3 cm³/mol. The Bertz CT molecular complexity index is 508. The summed E-state index contributed by atoms with van der Waals surface area (Å²) in [5.41, 5.74) is 1.53. The first-order chi connectivity index (χ1) is 9.65. The van der Waals surface area contributed by atoms with Crippen LogP contribution in [0.2, 0.25) is 0 Å². The fourth-order valence-corrected chi connectivity index (χ4v) is 2.85. The summed E-state index contributed by atoms with van der Waals surface area (Å²) < 4.78 is 11.4. The van der Waals surface area contributed by atoms with Crippen LogP contribution in [-0.2, 0) is 4.74 Å². The van der Waals surface area contributed by atoms with Crippen LogP contribution in [0.1, 0.15) is 24.2 Å². The van der Waals surface area contributed by atoms with E-state index in [4.69, 9.17) is 9.47 Å². The third-order valence-electron chi connectivity index (χ3n) is 3.62. The number of amides is 1. The normalized spacial score (nSPS) is 25.4. The van der Waals surface area contributed by atoms with Crippen molar-refractivity contribution in [3.8, 4) is 5.75 Å². The molecule has 1 fully saturated rings. The van der Waals surface area contributed by atoms with Gasteiger partial charge in [0.1, 0.15) is 6.61 Å². The lowest BCUT2D eigenvalue weighted by Crippen LogP contribution is -2.48. The van der Waals surface area contributed by atoms with Crippen LogP contribution < -0.4 is 10.1 Å². The number of carbonyl (C=O) groups excluding carboxylic acids is 1. The second kappa shape index (κ2) is 5.32. The lowest BCUT2D eigenvalue weighted by Gasteiger charge is -2.35. The van der Waals surface area contributed by atoms with Crippen LogP contribution in [0.15, 0.2) is 18.2 Å². The molecule has 0 radical (unpaired) electrons. The van der Waals surface area contributed by atoms with Crippen molar-refractivity contribution < 1.29 is 14.3 Å². The molecule has 1 aromatic rings. The summed E-state index contributed by atoms with van der Waals surface area (Å²) >= 11 is 0. The zero-order valence-electron chi connectivity index (χ0n) is 11.9. The fourth-order valence-electron chi connectivity index (χ4n) is 2.85. The Balaban J connectivity index is 1.87. The largest absolute Gasteiger partial charge is 0.489 e. The Morgan fingerprint density at radius 3 is 2.80 bits per heavy atom. The molecule has 5 nitrogen and oxygen atoms in total. The van der Waals surface area contributed by atoms with E-state index in [1.165, 1.54) is 0 Å². The highest BCUT2D eigenvalue weighted by molar-refractivity contribution is 5.99. The Labute approximate surface area is 118 Å². The summed E-state index contributed by atoms with van der Waals surface area (Å²) in [6.07, 6.45) is 0.141. The summed E-state index contributed by atoms with van der Waals surface area (Å²) in [4.78, 5) is 14.6. The molecule has 0 bridgehead atoms. The topological polar surface area (TPSA) is 50.8 Å². The summed E-state index contributed by atoms with van der Waals surface area (Å²) in [5.74, 6) is 0.697. The van der Waals surface area contributed by atoms with Gasteiger partial charge in [0.15, 0.2) is 5.75 Å². The summed E-state index contributed by atoms with van der Waals surface area (Å²) in [7, 11) is 0. The molecule has 0 spiro atoms. The van der Waals surface area contributed by atoms with E-state index in [1.54, 1.807) is 0 Å². The first kappa shape index (κ1) is 13.2. The first-order valence-electron chi connectivity index (χ1n) is 7.09. The quantitative estimate of drug-likeness (QED) is 0.849. The zero-order valence-corrected chi connectivity index (χ0v) is 11.9. The maximum atomic E-state index is 12.7. The number of fused-ring (bicyclic) bond motifs is 1. The average Bonchev–Trinajstić information content (AvgIpc) is 2.45. The SMILES string of the molecule is CC1CN(C(=O)c2cccc3c2OCCN3)CC(C)O1. The molecule has 2 heterocycles. The minimum Gasteiger partial charge on any atom is -0.489 e. The lowest BCUT2D eigenvalue weighted by atomic mass is 10.1. The van der Waals surface area contributed by atoms with Crippen molar-refractivity contribution in [3.05, 3.63) is 23.8 Å². The molecule has 1 amide bonds. The Morgan fingerprint density at radius 1 is 1.30 bits per heavy atom. The van der Waals surface area contributed by atoms with E-state index in [0.717, 1.165) is 12.2 Å². The number of anilines is 1. The number of para-hydroxylation sites is 1. The van der Waals surface area contributed by atoms with E-state index in [-0.39, 0.29) is 18.1 Å². The number of hydrogen-bond donors (Lipinski definition) is 1. The van der Waals surface area contributed by atoms with Gasteiger partial charge < -0.3 is 19.7 Å². The minimum atomic E-state index is 0.0209. The fraction of sp³-hybridized carbons (Fsp3) is 0.533. The molecule has 20 heavy (non-hydrogen) atoms. The van der Waals surface area contributed by atoms with Gasteiger partial charge >= 0.3 is 0 Å². The maximum Gasteiger partial charge on any atom is 0.257 e. The monoisotopic (exact) mass is 276 g/mol. The molecule has 1 saturated heterocycles. The van der Waals surface area contributed by atoms with Gasteiger partial charge in [-0.05, 0) is 26.0 Å². The number of ether oxygens (including phenoxy) is 2. The molecule has 2 aliphatic heterocycles. The maximum absolute atomic E-state index is 12.7. The van der Waals surface area contributed by atoms with Gasteiger partial charge in [0.25, 0.3) is 5.91 Å². The third kappa shape index (κ3) is 2.45. The van der Waals surface area contributed by atoms with Gasteiger partial charge in [-0.3, -0.25) is 4.79 Å². The Morgan fingerprint density at radius 2 is 2.05 bits per heavy atom. The van der Waals surface area contributed by atoms with Crippen LogP contribution in [-0.4, -0.2) is 49.3 Å². The Kier molecular flexibility index (Phi) is 3.53. The smallest absolute Gasteiger partial charge is 0.257 e. The summed E-state index contributed by atoms with van der Waals surface area (Å²) in [6.45, 7) is 6.60. The molecule has 2 atom stereocenters. The molecule has 0 aromatic heterocycles.